The Morgan fingerprint density at radius 2 is 1.91 bits per heavy atom. The molecule has 2 amide bonds. The number of benzene rings is 2. The quantitative estimate of drug-likeness (QED) is 0.455. The second-order valence-electron chi connectivity index (χ2n) is 7.90. The lowest BCUT2D eigenvalue weighted by atomic mass is 9.99. The largest absolute Gasteiger partial charge is 0.493 e. The van der Waals surface area contributed by atoms with E-state index >= 15 is 0 Å². The van der Waals surface area contributed by atoms with Crippen molar-refractivity contribution in [1.29, 1.82) is 0 Å². The summed E-state index contributed by atoms with van der Waals surface area (Å²) < 4.78 is 32.0. The van der Waals surface area contributed by atoms with Crippen LogP contribution in [0, 0.1) is 11.7 Å². The summed E-state index contributed by atoms with van der Waals surface area (Å²) in [7, 11) is 1.55. The third-order valence-corrected chi connectivity index (χ3v) is 5.55. The second-order valence-corrected chi connectivity index (χ2v) is 7.90. The van der Waals surface area contributed by atoms with Crippen molar-refractivity contribution in [3.8, 4) is 23.0 Å². The van der Waals surface area contributed by atoms with Gasteiger partial charge in [-0.05, 0) is 56.1 Å². The standard InChI is InChI=1S/C24H25FN4O5/c1-32-21-11-16-18(12-22(21)33-13-14-4-7-27-8-5-14)28-9-6-19(16)34-20-3-2-15(10-17(20)25)29-24(31)23(26)30/h2-3,6,9-12,14,27H,4-5,7-8,13H2,1H3,(H2,26,30)(H,29,31). The molecule has 1 aliphatic rings. The molecule has 0 atom stereocenters. The van der Waals surface area contributed by atoms with E-state index in [1.807, 2.05) is 0 Å². The molecular weight excluding hydrogens is 443 g/mol. The van der Waals surface area contributed by atoms with Gasteiger partial charge in [0.25, 0.3) is 0 Å². The van der Waals surface area contributed by atoms with Crippen LogP contribution in [0.15, 0.2) is 42.6 Å². The van der Waals surface area contributed by atoms with Gasteiger partial charge in [-0.2, -0.15) is 0 Å². The van der Waals surface area contributed by atoms with Gasteiger partial charge in [-0.25, -0.2) is 4.39 Å². The van der Waals surface area contributed by atoms with E-state index in [9.17, 15) is 14.0 Å². The lowest BCUT2D eigenvalue weighted by Crippen LogP contribution is -2.30. The molecule has 0 bridgehead atoms. The molecule has 0 unspecified atom stereocenters. The molecule has 0 radical (unpaired) electrons. The number of anilines is 1. The highest BCUT2D eigenvalue weighted by Gasteiger charge is 2.17. The van der Waals surface area contributed by atoms with Crippen LogP contribution in [0.2, 0.25) is 0 Å². The van der Waals surface area contributed by atoms with E-state index in [1.54, 1.807) is 31.5 Å². The van der Waals surface area contributed by atoms with Crippen LogP contribution in [0.3, 0.4) is 0 Å². The maximum Gasteiger partial charge on any atom is 0.313 e. The number of nitrogens with zero attached hydrogens (tertiary/aromatic N) is 1. The number of primary amides is 1. The zero-order chi connectivity index (χ0) is 24.1. The van der Waals surface area contributed by atoms with Gasteiger partial charge in [0.2, 0.25) is 0 Å². The Labute approximate surface area is 195 Å². The monoisotopic (exact) mass is 468 g/mol. The molecule has 1 fully saturated rings. The maximum atomic E-state index is 14.6. The zero-order valence-corrected chi connectivity index (χ0v) is 18.6. The summed E-state index contributed by atoms with van der Waals surface area (Å²) in [6.07, 6.45) is 3.67. The summed E-state index contributed by atoms with van der Waals surface area (Å²) in [4.78, 5) is 26.7. The van der Waals surface area contributed by atoms with Gasteiger partial charge < -0.3 is 30.6 Å². The number of amides is 2. The van der Waals surface area contributed by atoms with Crippen LogP contribution < -0.4 is 30.6 Å². The first kappa shape index (κ1) is 23.2. The molecule has 4 N–H and O–H groups in total. The number of nitrogens with two attached hydrogens (primary N) is 1. The van der Waals surface area contributed by atoms with Crippen LogP contribution in [-0.2, 0) is 9.59 Å². The van der Waals surface area contributed by atoms with Crippen molar-refractivity contribution in [2.75, 3.05) is 32.1 Å². The van der Waals surface area contributed by atoms with Crippen LogP contribution in [0.1, 0.15) is 12.8 Å². The number of hydrogen-bond acceptors (Lipinski definition) is 7. The molecule has 0 aliphatic carbocycles. The molecule has 1 saturated heterocycles. The van der Waals surface area contributed by atoms with Crippen LogP contribution in [0.5, 0.6) is 23.0 Å². The molecule has 10 heteroatoms. The van der Waals surface area contributed by atoms with Gasteiger partial charge in [0.1, 0.15) is 5.75 Å². The molecule has 1 aliphatic heterocycles. The molecule has 34 heavy (non-hydrogen) atoms. The number of carbonyl (C=O) groups excluding carboxylic acids is 2. The fourth-order valence-electron chi connectivity index (χ4n) is 3.72. The summed E-state index contributed by atoms with van der Waals surface area (Å²) in [5.74, 6) is -1.08. The Morgan fingerprint density at radius 1 is 1.12 bits per heavy atom. The number of nitrogens with one attached hydrogen (secondary N) is 2. The molecular formula is C24H25FN4O5. The van der Waals surface area contributed by atoms with Crippen molar-refractivity contribution < 1.29 is 28.2 Å². The SMILES string of the molecule is COc1cc2c(Oc3ccc(NC(=O)C(N)=O)cc3F)ccnc2cc1OCC1CCNCC1. The molecule has 2 aromatic carbocycles. The topological polar surface area (TPSA) is 125 Å². The number of methoxy groups -OCH3 is 1. The van der Waals surface area contributed by atoms with Gasteiger partial charge in [0, 0.05) is 29.4 Å². The number of halogens is 1. The van der Waals surface area contributed by atoms with Crippen LogP contribution >= 0.6 is 0 Å². The Balaban J connectivity index is 1.56. The van der Waals surface area contributed by atoms with Crippen molar-refractivity contribution >= 4 is 28.4 Å². The van der Waals surface area contributed by atoms with Crippen molar-refractivity contribution in [2.45, 2.75) is 12.8 Å². The Hall–Kier alpha value is -3.92. The fraction of sp³-hybridized carbons (Fsp3) is 0.292. The maximum absolute atomic E-state index is 14.6. The van der Waals surface area contributed by atoms with Crippen LogP contribution in [0.25, 0.3) is 10.9 Å². The van der Waals surface area contributed by atoms with Crippen molar-refractivity contribution in [3.63, 3.8) is 0 Å². The van der Waals surface area contributed by atoms with Gasteiger partial charge in [-0.3, -0.25) is 14.6 Å². The predicted molar refractivity (Wildman–Crippen MR) is 124 cm³/mol. The van der Waals surface area contributed by atoms with Gasteiger partial charge in [0.15, 0.2) is 23.1 Å². The van der Waals surface area contributed by atoms with Gasteiger partial charge in [0.05, 0.1) is 19.2 Å². The van der Waals surface area contributed by atoms with Crippen LogP contribution in [-0.4, -0.2) is 43.6 Å². The number of fused-ring (bicyclic) bond motifs is 1. The Morgan fingerprint density at radius 3 is 2.62 bits per heavy atom. The average molecular weight is 468 g/mol. The summed E-state index contributed by atoms with van der Waals surface area (Å²) in [6.45, 7) is 2.56. The first-order valence-corrected chi connectivity index (χ1v) is 10.8. The first-order valence-electron chi connectivity index (χ1n) is 10.8. The van der Waals surface area contributed by atoms with Crippen molar-refractivity contribution in [2.24, 2.45) is 11.7 Å². The third kappa shape index (κ3) is 5.34. The second kappa shape index (κ2) is 10.3. The number of carbonyl (C=O) groups is 2. The van der Waals surface area contributed by atoms with Crippen molar-refractivity contribution in [3.05, 3.63) is 48.4 Å². The first-order chi connectivity index (χ1) is 16.4. The summed E-state index contributed by atoms with van der Waals surface area (Å²) in [6, 6.07) is 8.91. The summed E-state index contributed by atoms with van der Waals surface area (Å²) >= 11 is 0. The van der Waals surface area contributed by atoms with E-state index in [4.69, 9.17) is 19.9 Å². The van der Waals surface area contributed by atoms with Gasteiger partial charge >= 0.3 is 11.8 Å². The average Bonchev–Trinajstić information content (AvgIpc) is 2.84. The molecule has 4 rings (SSSR count). The highest BCUT2D eigenvalue weighted by atomic mass is 19.1. The molecule has 9 nitrogen and oxygen atoms in total. The Bertz CT molecular complexity index is 1210. The zero-order valence-electron chi connectivity index (χ0n) is 18.6. The lowest BCUT2D eigenvalue weighted by molar-refractivity contribution is -0.134. The fourth-order valence-corrected chi connectivity index (χ4v) is 3.72. The third-order valence-electron chi connectivity index (χ3n) is 5.55. The lowest BCUT2D eigenvalue weighted by Gasteiger charge is -2.23. The van der Waals surface area contributed by atoms with E-state index < -0.39 is 17.6 Å². The van der Waals surface area contributed by atoms with E-state index in [0.717, 1.165) is 32.0 Å². The minimum Gasteiger partial charge on any atom is -0.493 e. The number of ether oxygens (including phenoxy) is 3. The highest BCUT2D eigenvalue weighted by molar-refractivity contribution is 6.39. The number of aromatic nitrogens is 1. The van der Waals surface area contributed by atoms with Crippen LogP contribution in [0.4, 0.5) is 10.1 Å². The predicted octanol–water partition coefficient (Wildman–Crippen LogP) is 2.98. The molecule has 178 valence electrons. The number of pyridine rings is 1. The highest BCUT2D eigenvalue weighted by Crippen LogP contribution is 2.38. The Kier molecular flexibility index (Phi) is 7.07. The van der Waals surface area contributed by atoms with Gasteiger partial charge in [-0.1, -0.05) is 0 Å². The molecule has 0 saturated carbocycles. The summed E-state index contributed by atoms with van der Waals surface area (Å²) in [5, 5.41) is 6.15. The van der Waals surface area contributed by atoms with E-state index in [0.29, 0.717) is 40.7 Å². The van der Waals surface area contributed by atoms with Gasteiger partial charge in [-0.15, -0.1) is 0 Å². The molecule has 0 spiro atoms. The van der Waals surface area contributed by atoms with E-state index in [1.165, 1.54) is 12.1 Å². The normalized spacial score (nSPS) is 13.9. The molecule has 2 heterocycles. The number of hydrogen-bond donors (Lipinski definition) is 3. The minimum atomic E-state index is -1.17. The number of rotatable bonds is 7. The van der Waals surface area contributed by atoms with E-state index in [-0.39, 0.29) is 11.4 Å². The smallest absolute Gasteiger partial charge is 0.313 e. The molecule has 1 aromatic heterocycles. The number of piperidine rings is 1. The van der Waals surface area contributed by atoms with Crippen molar-refractivity contribution in [1.82, 2.24) is 10.3 Å². The van der Waals surface area contributed by atoms with E-state index in [2.05, 4.69) is 15.6 Å². The molecule has 3 aromatic rings. The summed E-state index contributed by atoms with van der Waals surface area (Å²) in [5.41, 5.74) is 5.58. The minimum absolute atomic E-state index is 0.0743.